The lowest BCUT2D eigenvalue weighted by molar-refractivity contribution is 0.0461. The quantitative estimate of drug-likeness (QED) is 0.882. The van der Waals surface area contributed by atoms with Gasteiger partial charge < -0.3 is 14.5 Å². The van der Waals surface area contributed by atoms with Crippen molar-refractivity contribution in [3.8, 4) is 0 Å². The summed E-state index contributed by atoms with van der Waals surface area (Å²) in [6.45, 7) is 3.10. The molecule has 0 saturated carbocycles. The molecule has 0 aliphatic heterocycles. The van der Waals surface area contributed by atoms with Crippen molar-refractivity contribution in [2.45, 2.75) is 20.5 Å². The van der Waals surface area contributed by atoms with E-state index in [1.54, 1.807) is 26.0 Å². The lowest BCUT2D eigenvalue weighted by Gasteiger charge is -2.05. The van der Waals surface area contributed by atoms with Crippen LogP contribution in [0.1, 0.15) is 37.7 Å². The summed E-state index contributed by atoms with van der Waals surface area (Å²) >= 11 is 0. The number of aromatic nitrogens is 1. The first-order valence-corrected chi connectivity index (χ1v) is 6.63. The molecule has 0 spiro atoms. The minimum atomic E-state index is -0.654. The van der Waals surface area contributed by atoms with Crippen LogP contribution >= 0.6 is 0 Å². The largest absolute Gasteiger partial charge is 0.465 e. The normalized spacial score (nSPS) is 10.4. The average molecular weight is 305 g/mol. The standard InChI is InChI=1S/C16H16FNO4/c1-9-13(15(19)21-3)10(2)18-14(9)16(20)22-8-11-6-4-5-7-12(11)17/h4-7,18H,8H2,1-3H3. The second kappa shape index (κ2) is 6.43. The molecule has 2 aromatic rings. The number of H-pyrrole nitrogens is 1. The van der Waals surface area contributed by atoms with E-state index in [1.807, 2.05) is 0 Å². The van der Waals surface area contributed by atoms with Gasteiger partial charge in [0.05, 0.1) is 12.7 Å². The number of carbonyl (C=O) groups is 2. The summed E-state index contributed by atoms with van der Waals surface area (Å²) in [6.07, 6.45) is 0. The lowest BCUT2D eigenvalue weighted by atomic mass is 10.1. The van der Waals surface area contributed by atoms with Gasteiger partial charge in [0.2, 0.25) is 0 Å². The van der Waals surface area contributed by atoms with Crippen LogP contribution in [-0.4, -0.2) is 24.0 Å². The zero-order valence-electron chi connectivity index (χ0n) is 12.5. The van der Waals surface area contributed by atoms with Gasteiger partial charge in [0, 0.05) is 11.3 Å². The Hall–Kier alpha value is -2.63. The number of methoxy groups -OCH3 is 1. The third-order valence-electron chi connectivity index (χ3n) is 3.35. The van der Waals surface area contributed by atoms with Gasteiger partial charge in [0.25, 0.3) is 0 Å². The molecular weight excluding hydrogens is 289 g/mol. The van der Waals surface area contributed by atoms with E-state index in [4.69, 9.17) is 4.74 Å². The summed E-state index contributed by atoms with van der Waals surface area (Å²) in [4.78, 5) is 26.6. The summed E-state index contributed by atoms with van der Waals surface area (Å²) in [7, 11) is 1.27. The summed E-state index contributed by atoms with van der Waals surface area (Å²) in [5, 5.41) is 0. The van der Waals surface area contributed by atoms with Gasteiger partial charge in [-0.15, -0.1) is 0 Å². The molecule has 1 aromatic carbocycles. The number of ether oxygens (including phenoxy) is 2. The third-order valence-corrected chi connectivity index (χ3v) is 3.35. The molecule has 0 aliphatic rings. The Bertz CT molecular complexity index is 721. The molecule has 0 saturated heterocycles. The molecule has 6 heteroatoms. The van der Waals surface area contributed by atoms with E-state index in [2.05, 4.69) is 9.72 Å². The van der Waals surface area contributed by atoms with Crippen LogP contribution in [0.4, 0.5) is 4.39 Å². The first-order valence-electron chi connectivity index (χ1n) is 6.63. The second-order valence-electron chi connectivity index (χ2n) is 4.78. The molecule has 0 atom stereocenters. The molecule has 0 bridgehead atoms. The fourth-order valence-corrected chi connectivity index (χ4v) is 2.19. The topological polar surface area (TPSA) is 68.4 Å². The van der Waals surface area contributed by atoms with Crippen LogP contribution < -0.4 is 0 Å². The molecule has 1 N–H and O–H groups in total. The van der Waals surface area contributed by atoms with Crippen LogP contribution in [0, 0.1) is 19.7 Å². The number of hydrogen-bond donors (Lipinski definition) is 1. The van der Waals surface area contributed by atoms with Crippen LogP contribution in [0.15, 0.2) is 24.3 Å². The molecular formula is C16H16FNO4. The summed E-state index contributed by atoms with van der Waals surface area (Å²) in [5.74, 6) is -1.62. The number of carbonyl (C=O) groups excluding carboxylic acids is 2. The predicted octanol–water partition coefficient (Wildman–Crippen LogP) is 2.91. The molecule has 1 aromatic heterocycles. The summed E-state index contributed by atoms with van der Waals surface area (Å²) in [5.41, 5.74) is 1.71. The Kier molecular flexibility index (Phi) is 4.60. The van der Waals surface area contributed by atoms with Crippen molar-refractivity contribution in [1.82, 2.24) is 4.98 Å². The van der Waals surface area contributed by atoms with Crippen molar-refractivity contribution in [3.05, 3.63) is 58.2 Å². The molecule has 116 valence electrons. The smallest absolute Gasteiger partial charge is 0.355 e. The Morgan fingerprint density at radius 1 is 1.18 bits per heavy atom. The first-order chi connectivity index (χ1) is 10.5. The second-order valence-corrected chi connectivity index (χ2v) is 4.78. The highest BCUT2D eigenvalue weighted by atomic mass is 19.1. The Morgan fingerprint density at radius 2 is 1.86 bits per heavy atom. The van der Waals surface area contributed by atoms with Gasteiger partial charge in [-0.1, -0.05) is 18.2 Å². The number of nitrogens with one attached hydrogen (secondary N) is 1. The number of aryl methyl sites for hydroxylation is 1. The molecule has 5 nitrogen and oxygen atoms in total. The van der Waals surface area contributed by atoms with Gasteiger partial charge in [0.1, 0.15) is 18.1 Å². The van der Waals surface area contributed by atoms with E-state index in [9.17, 15) is 14.0 Å². The fraction of sp³-hybridized carbons (Fsp3) is 0.250. The summed E-state index contributed by atoms with van der Waals surface area (Å²) in [6, 6.07) is 6.05. The number of esters is 2. The Morgan fingerprint density at radius 3 is 2.50 bits per heavy atom. The molecule has 0 unspecified atom stereocenters. The Labute approximate surface area is 127 Å². The van der Waals surface area contributed by atoms with E-state index in [1.165, 1.54) is 19.2 Å². The monoisotopic (exact) mass is 305 g/mol. The van der Waals surface area contributed by atoms with Crippen LogP contribution in [0.25, 0.3) is 0 Å². The van der Waals surface area contributed by atoms with Crippen LogP contribution in [0.3, 0.4) is 0 Å². The van der Waals surface area contributed by atoms with Crippen LogP contribution in [-0.2, 0) is 16.1 Å². The van der Waals surface area contributed by atoms with Gasteiger partial charge in [-0.2, -0.15) is 0 Å². The van der Waals surface area contributed by atoms with E-state index >= 15 is 0 Å². The maximum absolute atomic E-state index is 13.5. The first kappa shape index (κ1) is 15.8. The van der Waals surface area contributed by atoms with Crippen molar-refractivity contribution in [2.24, 2.45) is 0 Å². The third kappa shape index (κ3) is 3.00. The van der Waals surface area contributed by atoms with Gasteiger partial charge >= 0.3 is 11.9 Å². The predicted molar refractivity (Wildman–Crippen MR) is 77.1 cm³/mol. The zero-order valence-corrected chi connectivity index (χ0v) is 12.5. The average Bonchev–Trinajstić information content (AvgIpc) is 2.80. The van der Waals surface area contributed by atoms with Gasteiger partial charge in [0.15, 0.2) is 0 Å². The van der Waals surface area contributed by atoms with Crippen LogP contribution in [0.2, 0.25) is 0 Å². The molecule has 0 radical (unpaired) electrons. The minimum absolute atomic E-state index is 0.161. The van der Waals surface area contributed by atoms with Crippen molar-refractivity contribution < 1.29 is 23.5 Å². The maximum atomic E-state index is 13.5. The molecule has 0 fully saturated rings. The van der Waals surface area contributed by atoms with Gasteiger partial charge in [-0.3, -0.25) is 0 Å². The highest BCUT2D eigenvalue weighted by molar-refractivity contribution is 5.98. The SMILES string of the molecule is COC(=O)c1c(C)[nH]c(C(=O)OCc2ccccc2F)c1C. The van der Waals surface area contributed by atoms with E-state index < -0.39 is 17.8 Å². The van der Waals surface area contributed by atoms with Crippen molar-refractivity contribution >= 4 is 11.9 Å². The number of benzene rings is 1. The molecule has 22 heavy (non-hydrogen) atoms. The van der Waals surface area contributed by atoms with Crippen molar-refractivity contribution in [1.29, 1.82) is 0 Å². The van der Waals surface area contributed by atoms with Gasteiger partial charge in [-0.05, 0) is 25.5 Å². The molecule has 2 rings (SSSR count). The molecule has 0 amide bonds. The van der Waals surface area contributed by atoms with Crippen molar-refractivity contribution in [2.75, 3.05) is 7.11 Å². The highest BCUT2D eigenvalue weighted by Gasteiger charge is 2.23. The maximum Gasteiger partial charge on any atom is 0.355 e. The van der Waals surface area contributed by atoms with Gasteiger partial charge in [-0.25, -0.2) is 14.0 Å². The molecule has 0 aliphatic carbocycles. The number of aromatic amines is 1. The lowest BCUT2D eigenvalue weighted by Crippen LogP contribution is -2.09. The number of rotatable bonds is 4. The van der Waals surface area contributed by atoms with E-state index in [-0.39, 0.29) is 17.9 Å². The molecule has 1 heterocycles. The zero-order chi connectivity index (χ0) is 16.3. The van der Waals surface area contributed by atoms with Crippen LogP contribution in [0.5, 0.6) is 0 Å². The minimum Gasteiger partial charge on any atom is -0.465 e. The van der Waals surface area contributed by atoms with E-state index in [0.29, 0.717) is 16.8 Å². The van der Waals surface area contributed by atoms with E-state index in [0.717, 1.165) is 0 Å². The fourth-order valence-electron chi connectivity index (χ4n) is 2.19. The number of halogens is 1. The van der Waals surface area contributed by atoms with Crippen molar-refractivity contribution in [3.63, 3.8) is 0 Å². The number of hydrogen-bond acceptors (Lipinski definition) is 4. The summed E-state index contributed by atoms with van der Waals surface area (Å²) < 4.78 is 23.3. The highest BCUT2D eigenvalue weighted by Crippen LogP contribution is 2.20. The Balaban J connectivity index is 2.17.